The highest BCUT2D eigenvalue weighted by Crippen LogP contribution is 2.30. The van der Waals surface area contributed by atoms with E-state index in [1.165, 1.54) is 0 Å². The van der Waals surface area contributed by atoms with Gasteiger partial charge in [0.05, 0.1) is 0 Å². The highest BCUT2D eigenvalue weighted by molar-refractivity contribution is 6.03. The summed E-state index contributed by atoms with van der Waals surface area (Å²) >= 11 is 0. The molecule has 0 fully saturated rings. The first-order valence-electron chi connectivity index (χ1n) is 7.84. The van der Waals surface area contributed by atoms with Crippen molar-refractivity contribution in [2.45, 2.75) is 59.1 Å². The maximum absolute atomic E-state index is 12.6. The zero-order valence-electron chi connectivity index (χ0n) is 14.0. The van der Waals surface area contributed by atoms with Crippen molar-refractivity contribution in [1.29, 1.82) is 0 Å². The number of rotatable bonds is 3. The molecule has 2 unspecified atom stereocenters. The molecule has 0 bridgehead atoms. The van der Waals surface area contributed by atoms with Gasteiger partial charge in [-0.05, 0) is 52.2 Å². The molecular weight excluding hydrogens is 278 g/mol. The van der Waals surface area contributed by atoms with Gasteiger partial charge in [-0.1, -0.05) is 24.6 Å². The van der Waals surface area contributed by atoms with Crippen LogP contribution in [0.2, 0.25) is 0 Å². The van der Waals surface area contributed by atoms with Gasteiger partial charge < -0.3 is 10.1 Å². The van der Waals surface area contributed by atoms with E-state index in [0.29, 0.717) is 12.8 Å². The lowest BCUT2D eigenvalue weighted by molar-refractivity contribution is 0.0483. The van der Waals surface area contributed by atoms with Crippen molar-refractivity contribution in [1.82, 2.24) is 5.32 Å². The number of benzene rings is 1. The lowest BCUT2D eigenvalue weighted by Gasteiger charge is -2.25. The molecule has 1 aromatic carbocycles. The Morgan fingerprint density at radius 2 is 2.09 bits per heavy atom. The van der Waals surface area contributed by atoms with Crippen LogP contribution in [0.5, 0.6) is 0 Å². The van der Waals surface area contributed by atoms with E-state index in [2.05, 4.69) is 5.32 Å². The number of carbonyl (C=O) groups is 2. The molecule has 0 spiro atoms. The summed E-state index contributed by atoms with van der Waals surface area (Å²) in [5, 5.41) is 2.86. The number of alkyl carbamates (subject to hydrolysis) is 1. The zero-order chi connectivity index (χ0) is 16.5. The summed E-state index contributed by atoms with van der Waals surface area (Å²) in [6, 6.07) is 5.78. The monoisotopic (exact) mass is 303 g/mol. The van der Waals surface area contributed by atoms with Crippen molar-refractivity contribution in [3.63, 3.8) is 0 Å². The Hall–Kier alpha value is -1.84. The van der Waals surface area contributed by atoms with Gasteiger partial charge in [-0.25, -0.2) is 4.79 Å². The van der Waals surface area contributed by atoms with Gasteiger partial charge in [-0.2, -0.15) is 0 Å². The maximum atomic E-state index is 12.6. The molecule has 0 aromatic heterocycles. The number of ether oxygens (including phenoxy) is 1. The summed E-state index contributed by atoms with van der Waals surface area (Å²) in [6.45, 7) is 9.44. The Balaban J connectivity index is 2.10. The Morgan fingerprint density at radius 3 is 2.68 bits per heavy atom. The lowest BCUT2D eigenvalue weighted by Crippen LogP contribution is -2.44. The van der Waals surface area contributed by atoms with Gasteiger partial charge >= 0.3 is 6.09 Å². The Bertz CT molecular complexity index is 586. The fourth-order valence-corrected chi connectivity index (χ4v) is 2.90. The summed E-state index contributed by atoms with van der Waals surface area (Å²) < 4.78 is 5.30. The van der Waals surface area contributed by atoms with Crippen molar-refractivity contribution >= 4 is 11.9 Å². The number of hydrogen-bond acceptors (Lipinski definition) is 3. The number of Topliss-reactive ketones (excluding diaryl/α,β-unsaturated/α-hetero) is 1. The Labute approximate surface area is 132 Å². The van der Waals surface area contributed by atoms with Crippen LogP contribution in [0.4, 0.5) is 4.79 Å². The molecule has 120 valence electrons. The minimum absolute atomic E-state index is 0.126. The largest absolute Gasteiger partial charge is 0.444 e. The molecule has 0 saturated carbocycles. The molecule has 0 radical (unpaired) electrons. The molecule has 4 nitrogen and oxygen atoms in total. The Kier molecular flexibility index (Phi) is 4.59. The minimum atomic E-state index is -0.540. The quantitative estimate of drug-likeness (QED) is 0.927. The first-order valence-corrected chi connectivity index (χ1v) is 7.84. The van der Waals surface area contributed by atoms with Crippen LogP contribution in [-0.4, -0.2) is 23.5 Å². The van der Waals surface area contributed by atoms with E-state index in [4.69, 9.17) is 4.74 Å². The number of ketones is 1. The zero-order valence-corrected chi connectivity index (χ0v) is 14.0. The average Bonchev–Trinajstić information content (AvgIpc) is 2.71. The normalized spacial score (nSPS) is 18.8. The van der Waals surface area contributed by atoms with Gasteiger partial charge in [0, 0.05) is 17.5 Å². The second-order valence-corrected chi connectivity index (χ2v) is 7.00. The molecule has 0 heterocycles. The number of fused-ring (bicyclic) bond motifs is 1. The fraction of sp³-hybridized carbons (Fsp3) is 0.556. The molecule has 1 aliphatic carbocycles. The third kappa shape index (κ3) is 3.67. The van der Waals surface area contributed by atoms with Crippen molar-refractivity contribution < 1.29 is 14.3 Å². The van der Waals surface area contributed by atoms with Gasteiger partial charge in [-0.3, -0.25) is 4.79 Å². The number of aryl methyl sites for hydroxylation is 1. The van der Waals surface area contributed by atoms with Crippen LogP contribution in [0.3, 0.4) is 0 Å². The number of amides is 1. The molecule has 0 aliphatic heterocycles. The van der Waals surface area contributed by atoms with Crippen LogP contribution >= 0.6 is 0 Å². The predicted molar refractivity (Wildman–Crippen MR) is 86.2 cm³/mol. The fourth-order valence-electron chi connectivity index (χ4n) is 2.90. The van der Waals surface area contributed by atoms with Crippen LogP contribution in [-0.2, 0) is 11.2 Å². The molecule has 1 N–H and O–H groups in total. The first-order chi connectivity index (χ1) is 10.2. The van der Waals surface area contributed by atoms with Gasteiger partial charge in [0.2, 0.25) is 0 Å². The summed E-state index contributed by atoms with van der Waals surface area (Å²) in [4.78, 5) is 24.6. The SMILES string of the molecule is CCC(NC(=O)OC(C)(C)C)C1Cc2ccc(C)cc2C1=O. The van der Waals surface area contributed by atoms with E-state index < -0.39 is 11.7 Å². The number of hydrogen-bond donors (Lipinski definition) is 1. The smallest absolute Gasteiger partial charge is 0.407 e. The van der Waals surface area contributed by atoms with Gasteiger partial charge in [-0.15, -0.1) is 0 Å². The summed E-state index contributed by atoms with van der Waals surface area (Å²) in [6.07, 6.45) is 0.921. The van der Waals surface area contributed by atoms with Crippen LogP contribution in [0.25, 0.3) is 0 Å². The summed E-state index contributed by atoms with van der Waals surface area (Å²) in [7, 11) is 0. The minimum Gasteiger partial charge on any atom is -0.444 e. The van der Waals surface area contributed by atoms with Crippen LogP contribution < -0.4 is 5.32 Å². The molecule has 2 atom stereocenters. The first kappa shape index (κ1) is 16.5. The van der Waals surface area contributed by atoms with E-state index in [9.17, 15) is 9.59 Å². The molecule has 22 heavy (non-hydrogen) atoms. The van der Waals surface area contributed by atoms with Crippen LogP contribution in [0, 0.1) is 12.8 Å². The van der Waals surface area contributed by atoms with E-state index in [-0.39, 0.29) is 17.7 Å². The summed E-state index contributed by atoms with van der Waals surface area (Å²) in [5.41, 5.74) is 2.42. The highest BCUT2D eigenvalue weighted by atomic mass is 16.6. The average molecular weight is 303 g/mol. The van der Waals surface area contributed by atoms with Crippen LogP contribution in [0.15, 0.2) is 18.2 Å². The maximum Gasteiger partial charge on any atom is 0.407 e. The van der Waals surface area contributed by atoms with Gasteiger partial charge in [0.25, 0.3) is 0 Å². The number of carbonyl (C=O) groups excluding carboxylic acids is 2. The van der Waals surface area contributed by atoms with Crippen molar-refractivity contribution in [3.8, 4) is 0 Å². The summed E-state index contributed by atoms with van der Waals surface area (Å²) in [5.74, 6) is -0.0732. The highest BCUT2D eigenvalue weighted by Gasteiger charge is 2.36. The third-order valence-corrected chi connectivity index (χ3v) is 3.94. The van der Waals surface area contributed by atoms with Crippen molar-refractivity contribution in [2.24, 2.45) is 5.92 Å². The van der Waals surface area contributed by atoms with E-state index in [0.717, 1.165) is 16.7 Å². The van der Waals surface area contributed by atoms with Gasteiger partial charge in [0.1, 0.15) is 5.60 Å². The molecule has 1 aromatic rings. The van der Waals surface area contributed by atoms with Crippen LogP contribution in [0.1, 0.15) is 55.6 Å². The second kappa shape index (κ2) is 6.11. The molecule has 2 rings (SSSR count). The van der Waals surface area contributed by atoms with E-state index in [1.807, 2.05) is 52.8 Å². The molecule has 1 aliphatic rings. The van der Waals surface area contributed by atoms with E-state index in [1.54, 1.807) is 0 Å². The molecular formula is C18H25NO3. The Morgan fingerprint density at radius 1 is 1.41 bits per heavy atom. The van der Waals surface area contributed by atoms with E-state index >= 15 is 0 Å². The van der Waals surface area contributed by atoms with Crippen molar-refractivity contribution in [2.75, 3.05) is 0 Å². The molecule has 0 saturated heterocycles. The predicted octanol–water partition coefficient (Wildman–Crippen LogP) is 3.65. The van der Waals surface area contributed by atoms with Gasteiger partial charge in [0.15, 0.2) is 5.78 Å². The molecule has 4 heteroatoms. The van der Waals surface area contributed by atoms with Crippen molar-refractivity contribution in [3.05, 3.63) is 34.9 Å². The lowest BCUT2D eigenvalue weighted by atomic mass is 9.93. The second-order valence-electron chi connectivity index (χ2n) is 7.00. The standard InChI is InChI=1S/C18H25NO3/c1-6-15(19-17(21)22-18(3,4)5)14-10-12-8-7-11(2)9-13(12)16(14)20/h7-9,14-15H,6,10H2,1-5H3,(H,19,21). The molecule has 1 amide bonds. The number of nitrogens with one attached hydrogen (secondary N) is 1. The topological polar surface area (TPSA) is 55.4 Å². The third-order valence-electron chi connectivity index (χ3n) is 3.94.